The number of benzene rings is 2. The number of rotatable bonds is 25. The van der Waals surface area contributed by atoms with Crippen LogP contribution in [0.5, 0.6) is 11.5 Å². The van der Waals surface area contributed by atoms with Crippen LogP contribution in [-0.4, -0.2) is 145 Å². The maximum Gasteiger partial charge on any atom is 0.323 e. The van der Waals surface area contributed by atoms with Crippen LogP contribution in [-0.2, 0) is 48.7 Å². The van der Waals surface area contributed by atoms with Crippen molar-refractivity contribution in [2.24, 2.45) is 11.8 Å². The van der Waals surface area contributed by atoms with Crippen LogP contribution >= 0.6 is 0 Å². The zero-order valence-electron chi connectivity index (χ0n) is 35.9. The zero-order chi connectivity index (χ0) is 43.8. The van der Waals surface area contributed by atoms with Crippen molar-refractivity contribution in [3.05, 3.63) is 71.0 Å². The SMILES string of the molecule is Cc1cc(O)c(OCCOCCOCCOCCOCCOCCOC2=CCC(C3CCN(S(=O)(=O)c4ccc5c(c4)NCN(CC(=O)O)C5=O)CC3)C=C2)cc1C(C)(C)C. The third-order valence-electron chi connectivity index (χ3n) is 10.7. The number of fused-ring (bicyclic) bond motifs is 1. The number of sulfonamides is 1. The summed E-state index contributed by atoms with van der Waals surface area (Å²) in [4.78, 5) is 25.0. The van der Waals surface area contributed by atoms with Crippen LogP contribution in [0.2, 0.25) is 0 Å². The number of phenolic OH excluding ortho intramolecular Hbond substituents is 1. The number of carboxylic acid groups (broad SMARTS) is 1. The molecule has 3 aliphatic rings. The molecule has 17 heteroatoms. The van der Waals surface area contributed by atoms with Gasteiger partial charge >= 0.3 is 5.97 Å². The highest BCUT2D eigenvalue weighted by Crippen LogP contribution is 2.36. The number of piperidine rings is 1. The fourth-order valence-electron chi connectivity index (χ4n) is 7.50. The summed E-state index contributed by atoms with van der Waals surface area (Å²) in [6, 6.07) is 7.96. The molecule has 2 aliphatic heterocycles. The molecule has 5 rings (SSSR count). The van der Waals surface area contributed by atoms with Crippen LogP contribution in [0.1, 0.15) is 61.5 Å². The summed E-state index contributed by atoms with van der Waals surface area (Å²) >= 11 is 0. The molecule has 2 aromatic rings. The number of aliphatic carboxylic acids is 1. The van der Waals surface area contributed by atoms with E-state index in [-0.39, 0.29) is 28.3 Å². The lowest BCUT2D eigenvalue weighted by atomic mass is 9.81. The van der Waals surface area contributed by atoms with E-state index in [1.54, 1.807) is 6.07 Å². The molecule has 0 aromatic heterocycles. The molecule has 1 unspecified atom stereocenters. The van der Waals surface area contributed by atoms with Crippen LogP contribution in [0.3, 0.4) is 0 Å². The molecule has 1 atom stereocenters. The quantitative estimate of drug-likeness (QED) is 0.114. The van der Waals surface area contributed by atoms with Crippen LogP contribution in [0.15, 0.2) is 59.2 Å². The van der Waals surface area contributed by atoms with Gasteiger partial charge in [-0.2, -0.15) is 4.31 Å². The maximum atomic E-state index is 13.5. The van der Waals surface area contributed by atoms with Crippen molar-refractivity contribution >= 4 is 27.6 Å². The molecule has 2 heterocycles. The molecule has 0 bridgehead atoms. The van der Waals surface area contributed by atoms with Gasteiger partial charge in [0.2, 0.25) is 10.0 Å². The molecular formula is C44H63N3O13S. The number of aryl methyl sites for hydroxylation is 1. The van der Waals surface area contributed by atoms with Gasteiger partial charge < -0.3 is 53.6 Å². The van der Waals surface area contributed by atoms with E-state index < -0.39 is 28.4 Å². The Kier molecular flexibility index (Phi) is 18.2. The van der Waals surface area contributed by atoms with E-state index in [1.165, 1.54) is 22.5 Å². The Balaban J connectivity index is 0.822. The average molecular weight is 874 g/mol. The predicted molar refractivity (Wildman–Crippen MR) is 228 cm³/mol. The molecule has 16 nitrogen and oxygen atoms in total. The highest BCUT2D eigenvalue weighted by Gasteiger charge is 2.34. The summed E-state index contributed by atoms with van der Waals surface area (Å²) < 4.78 is 67.9. The van der Waals surface area contributed by atoms with E-state index in [9.17, 15) is 23.1 Å². The second-order valence-electron chi connectivity index (χ2n) is 16.2. The van der Waals surface area contributed by atoms with Crippen LogP contribution in [0.4, 0.5) is 5.69 Å². The van der Waals surface area contributed by atoms with Gasteiger partial charge in [-0.15, -0.1) is 0 Å². The van der Waals surface area contributed by atoms with Gasteiger partial charge in [-0.1, -0.05) is 26.8 Å². The third kappa shape index (κ3) is 14.4. The van der Waals surface area contributed by atoms with E-state index in [4.69, 9.17) is 38.3 Å². The van der Waals surface area contributed by atoms with Gasteiger partial charge in [-0.3, -0.25) is 9.59 Å². The van der Waals surface area contributed by atoms with Gasteiger partial charge in [0.05, 0.1) is 83.2 Å². The number of nitrogens with zero attached hydrogens (tertiary/aromatic N) is 2. The highest BCUT2D eigenvalue weighted by molar-refractivity contribution is 7.89. The van der Waals surface area contributed by atoms with Gasteiger partial charge in [0, 0.05) is 18.8 Å². The van der Waals surface area contributed by atoms with E-state index in [1.807, 2.05) is 19.1 Å². The molecule has 1 fully saturated rings. The number of hydrogen-bond acceptors (Lipinski definition) is 13. The Morgan fingerprint density at radius 3 is 1.95 bits per heavy atom. The fraction of sp³-hybridized carbons (Fsp3) is 0.591. The lowest BCUT2D eigenvalue weighted by molar-refractivity contribution is -0.137. The predicted octanol–water partition coefficient (Wildman–Crippen LogP) is 4.95. The molecule has 0 spiro atoms. The molecule has 1 saturated heterocycles. The summed E-state index contributed by atoms with van der Waals surface area (Å²) in [5, 5.41) is 22.2. The maximum absolute atomic E-state index is 13.5. The van der Waals surface area contributed by atoms with Crippen molar-refractivity contribution in [3.8, 4) is 11.5 Å². The van der Waals surface area contributed by atoms with Gasteiger partial charge in [0.15, 0.2) is 11.5 Å². The second-order valence-corrected chi connectivity index (χ2v) is 18.1. The number of phenols is 1. The first-order chi connectivity index (χ1) is 29.2. The second kappa shape index (κ2) is 23.3. The number of carbonyl (C=O) groups excluding carboxylic acids is 1. The van der Waals surface area contributed by atoms with Crippen molar-refractivity contribution in [2.45, 2.75) is 57.3 Å². The Hall–Kier alpha value is -4.23. The van der Waals surface area contributed by atoms with Crippen LogP contribution in [0, 0.1) is 18.8 Å². The largest absolute Gasteiger partial charge is 0.504 e. The van der Waals surface area contributed by atoms with Gasteiger partial charge in [-0.05, 0) is 97.0 Å². The van der Waals surface area contributed by atoms with Crippen molar-refractivity contribution < 1.29 is 61.4 Å². The summed E-state index contributed by atoms with van der Waals surface area (Å²) in [5.41, 5.74) is 2.75. The minimum absolute atomic E-state index is 0.00998. The van der Waals surface area contributed by atoms with Crippen molar-refractivity contribution in [2.75, 3.05) is 111 Å². The van der Waals surface area contributed by atoms with E-state index >= 15 is 0 Å². The van der Waals surface area contributed by atoms with E-state index in [0.717, 1.165) is 41.0 Å². The number of nitrogens with one attached hydrogen (secondary N) is 1. The smallest absolute Gasteiger partial charge is 0.323 e. The van der Waals surface area contributed by atoms with Gasteiger partial charge in [-0.25, -0.2) is 8.42 Å². The highest BCUT2D eigenvalue weighted by atomic mass is 32.2. The number of carbonyl (C=O) groups is 2. The topological polar surface area (TPSA) is 192 Å². The van der Waals surface area contributed by atoms with Crippen molar-refractivity contribution in [3.63, 3.8) is 0 Å². The van der Waals surface area contributed by atoms with Crippen molar-refractivity contribution in [1.29, 1.82) is 0 Å². The molecule has 0 radical (unpaired) electrons. The summed E-state index contributed by atoms with van der Waals surface area (Å²) in [6.45, 7) is 13.9. The number of amides is 1. The minimum atomic E-state index is -3.76. The number of aromatic hydroxyl groups is 1. The molecule has 3 N–H and O–H groups in total. The Bertz CT molecular complexity index is 1920. The van der Waals surface area contributed by atoms with Crippen molar-refractivity contribution in [1.82, 2.24) is 9.21 Å². The molecule has 2 aromatic carbocycles. The fourth-order valence-corrected chi connectivity index (χ4v) is 9.00. The zero-order valence-corrected chi connectivity index (χ0v) is 36.7. The normalized spacial score (nSPS) is 17.5. The van der Waals surface area contributed by atoms with Crippen LogP contribution < -0.4 is 10.1 Å². The molecule has 1 amide bonds. The Labute approximate surface area is 359 Å². The first kappa shape index (κ1) is 47.8. The average Bonchev–Trinajstić information content (AvgIpc) is 3.23. The van der Waals surface area contributed by atoms with Crippen LogP contribution in [0.25, 0.3) is 0 Å². The number of allylic oxidation sites excluding steroid dienone is 3. The number of carboxylic acids is 1. The van der Waals surface area contributed by atoms with E-state index in [2.05, 4.69) is 38.2 Å². The molecule has 1 aliphatic carbocycles. The number of anilines is 1. The first-order valence-corrected chi connectivity index (χ1v) is 22.4. The third-order valence-corrected chi connectivity index (χ3v) is 12.6. The molecule has 61 heavy (non-hydrogen) atoms. The number of ether oxygens (including phenoxy) is 7. The first-order valence-electron chi connectivity index (χ1n) is 21.0. The number of hydrogen-bond donors (Lipinski definition) is 3. The summed E-state index contributed by atoms with van der Waals surface area (Å²) in [7, 11) is -3.76. The Morgan fingerprint density at radius 1 is 0.836 bits per heavy atom. The minimum Gasteiger partial charge on any atom is -0.504 e. The lowest BCUT2D eigenvalue weighted by Crippen LogP contribution is -2.43. The standard InChI is InChI=1S/C44H63N3O13S/c1-32-27-40(48)41(29-38(32)44(2,3)4)60-26-24-58-22-20-56-18-16-54-15-17-55-19-21-57-23-25-59-35-7-5-33(6-8-35)34-11-13-47(14-12-34)61(52,53)36-9-10-37-39(28-36)45-31-46(43(37)51)30-42(49)50/h5,7-10,27-29,33-34,45,48H,6,11-26,30-31H2,1-4H3,(H,49,50). The molecule has 0 saturated carbocycles. The monoisotopic (exact) mass is 873 g/mol. The van der Waals surface area contributed by atoms with E-state index in [0.29, 0.717) is 116 Å². The summed E-state index contributed by atoms with van der Waals surface area (Å²) in [5.74, 6) is 0.471. The van der Waals surface area contributed by atoms with Gasteiger partial charge in [0.25, 0.3) is 5.91 Å². The summed E-state index contributed by atoms with van der Waals surface area (Å²) in [6.07, 6.45) is 8.50. The molecule has 338 valence electrons. The lowest BCUT2D eigenvalue weighted by Gasteiger charge is -2.35. The molecular weight excluding hydrogens is 811 g/mol. The Morgan fingerprint density at radius 2 is 1.41 bits per heavy atom. The van der Waals surface area contributed by atoms with Gasteiger partial charge in [0.1, 0.15) is 25.5 Å².